The summed E-state index contributed by atoms with van der Waals surface area (Å²) in [6, 6.07) is 11.0. The molecule has 0 atom stereocenters. The molecule has 134 valence electrons. The fraction of sp³-hybridized carbons (Fsp3) is 0.158. The first-order chi connectivity index (χ1) is 13.2. The van der Waals surface area contributed by atoms with Crippen LogP contribution in [0, 0.1) is 0 Å². The highest BCUT2D eigenvalue weighted by Gasteiger charge is 2.31. The number of aliphatic imine (C=N–C) groups is 2. The van der Waals surface area contributed by atoms with E-state index in [4.69, 9.17) is 4.74 Å². The average Bonchev–Trinajstić information content (AvgIpc) is 3.36. The molecule has 0 aliphatic carbocycles. The average molecular weight is 360 g/mol. The van der Waals surface area contributed by atoms with Crippen molar-refractivity contribution in [2.45, 2.75) is 0 Å². The first kappa shape index (κ1) is 15.6. The van der Waals surface area contributed by atoms with Crippen molar-refractivity contribution in [1.29, 1.82) is 0 Å². The number of nitrogens with zero attached hydrogens (tertiary/aromatic N) is 4. The highest BCUT2D eigenvalue weighted by Crippen LogP contribution is 2.31. The molecule has 8 nitrogen and oxygen atoms in total. The van der Waals surface area contributed by atoms with E-state index in [0.717, 1.165) is 33.9 Å². The van der Waals surface area contributed by atoms with Gasteiger partial charge < -0.3 is 9.72 Å². The number of hydrogen-bond donors (Lipinski definition) is 2. The number of H-pyrrole nitrogens is 1. The number of methoxy groups -OCH3 is 1. The van der Waals surface area contributed by atoms with E-state index in [1.807, 2.05) is 29.2 Å². The molecule has 0 fully saturated rings. The van der Waals surface area contributed by atoms with Gasteiger partial charge in [0.05, 0.1) is 36.7 Å². The lowest BCUT2D eigenvalue weighted by molar-refractivity contribution is 0.0974. The molecule has 3 aromatic rings. The lowest BCUT2D eigenvalue weighted by Gasteiger charge is -2.27. The standard InChI is InChI=1S/C19H16N6O2/c1-27-12-3-5-14-13(9-12)17-20-6-7-25(17)19(23-14)24-18(26)11-2-4-15-16(8-11)22-10-21-15/h2-5,8-10H,6-7H2,1H3,(H,21,22)(H,23,24,26). The molecule has 8 heteroatoms. The Labute approximate surface area is 154 Å². The lowest BCUT2D eigenvalue weighted by Crippen LogP contribution is -2.47. The van der Waals surface area contributed by atoms with Gasteiger partial charge in [-0.3, -0.25) is 20.0 Å². The number of aromatic amines is 1. The number of carbonyl (C=O) groups is 1. The van der Waals surface area contributed by atoms with Crippen LogP contribution in [-0.2, 0) is 0 Å². The van der Waals surface area contributed by atoms with E-state index in [1.165, 1.54) is 0 Å². The molecule has 0 unspecified atom stereocenters. The molecular weight excluding hydrogens is 344 g/mol. The van der Waals surface area contributed by atoms with Gasteiger partial charge in [-0.2, -0.15) is 0 Å². The van der Waals surface area contributed by atoms with Crippen LogP contribution in [0.2, 0.25) is 0 Å². The normalized spacial score (nSPS) is 15.1. The Morgan fingerprint density at radius 1 is 1.26 bits per heavy atom. The van der Waals surface area contributed by atoms with Crippen LogP contribution in [0.4, 0.5) is 5.69 Å². The monoisotopic (exact) mass is 360 g/mol. The topological polar surface area (TPSA) is 95.0 Å². The van der Waals surface area contributed by atoms with Crippen molar-refractivity contribution in [2.24, 2.45) is 9.98 Å². The summed E-state index contributed by atoms with van der Waals surface area (Å²) in [7, 11) is 1.63. The minimum atomic E-state index is -0.234. The number of amidine groups is 1. The molecule has 2 aromatic carbocycles. The van der Waals surface area contributed by atoms with Gasteiger partial charge in [-0.25, -0.2) is 9.98 Å². The van der Waals surface area contributed by atoms with Gasteiger partial charge in [-0.1, -0.05) is 0 Å². The zero-order valence-electron chi connectivity index (χ0n) is 14.6. The summed E-state index contributed by atoms with van der Waals surface area (Å²) in [6.45, 7) is 1.32. The summed E-state index contributed by atoms with van der Waals surface area (Å²) in [6.07, 6.45) is 1.61. The number of amides is 1. The van der Waals surface area contributed by atoms with Crippen LogP contribution < -0.4 is 10.1 Å². The number of rotatable bonds is 2. The van der Waals surface area contributed by atoms with Gasteiger partial charge in [-0.15, -0.1) is 0 Å². The van der Waals surface area contributed by atoms with Crippen molar-refractivity contribution < 1.29 is 9.53 Å². The Balaban J connectivity index is 1.49. The van der Waals surface area contributed by atoms with Crippen molar-refractivity contribution >= 4 is 34.4 Å². The third-order valence-corrected chi connectivity index (χ3v) is 4.68. The molecule has 27 heavy (non-hydrogen) atoms. The second-order valence-electron chi connectivity index (χ2n) is 6.26. The van der Waals surface area contributed by atoms with Crippen LogP contribution in [-0.4, -0.2) is 52.8 Å². The van der Waals surface area contributed by atoms with Gasteiger partial charge in [0.25, 0.3) is 5.91 Å². The van der Waals surface area contributed by atoms with E-state index in [9.17, 15) is 4.79 Å². The molecule has 2 N–H and O–H groups in total. The number of fused-ring (bicyclic) bond motifs is 4. The van der Waals surface area contributed by atoms with Crippen molar-refractivity contribution in [3.63, 3.8) is 0 Å². The number of ether oxygens (including phenoxy) is 1. The first-order valence-corrected chi connectivity index (χ1v) is 8.56. The highest BCUT2D eigenvalue weighted by atomic mass is 16.5. The maximum absolute atomic E-state index is 12.8. The predicted octanol–water partition coefficient (Wildman–Crippen LogP) is 2.06. The molecule has 5 rings (SSSR count). The number of carbonyl (C=O) groups excluding carboxylic acids is 1. The van der Waals surface area contributed by atoms with Crippen LogP contribution in [0.1, 0.15) is 15.9 Å². The molecule has 0 saturated carbocycles. The second-order valence-corrected chi connectivity index (χ2v) is 6.26. The maximum Gasteiger partial charge on any atom is 0.258 e. The number of guanidine groups is 1. The smallest absolute Gasteiger partial charge is 0.258 e. The Morgan fingerprint density at radius 3 is 3.07 bits per heavy atom. The minimum absolute atomic E-state index is 0.234. The summed E-state index contributed by atoms with van der Waals surface area (Å²) >= 11 is 0. The molecule has 0 radical (unpaired) electrons. The maximum atomic E-state index is 12.8. The molecule has 0 saturated heterocycles. The van der Waals surface area contributed by atoms with Crippen LogP contribution in [0.3, 0.4) is 0 Å². The molecular formula is C19H16N6O2. The molecule has 2 aliphatic rings. The third kappa shape index (κ3) is 2.53. The van der Waals surface area contributed by atoms with Crippen LogP contribution in [0.5, 0.6) is 5.75 Å². The fourth-order valence-corrected chi connectivity index (χ4v) is 3.32. The van der Waals surface area contributed by atoms with Crippen LogP contribution >= 0.6 is 0 Å². The Hall–Kier alpha value is -3.68. The molecule has 1 amide bonds. The van der Waals surface area contributed by atoms with Gasteiger partial charge >= 0.3 is 0 Å². The summed E-state index contributed by atoms with van der Waals surface area (Å²) in [5.74, 6) is 1.80. The Kier molecular flexibility index (Phi) is 3.43. The van der Waals surface area contributed by atoms with Crippen molar-refractivity contribution in [2.75, 3.05) is 20.2 Å². The van der Waals surface area contributed by atoms with E-state index in [0.29, 0.717) is 24.6 Å². The molecule has 3 heterocycles. The summed E-state index contributed by atoms with van der Waals surface area (Å²) in [5.41, 5.74) is 3.82. The summed E-state index contributed by atoms with van der Waals surface area (Å²) in [5, 5.41) is 2.92. The number of hydrogen-bond acceptors (Lipinski definition) is 6. The van der Waals surface area contributed by atoms with Crippen LogP contribution in [0.15, 0.2) is 52.7 Å². The minimum Gasteiger partial charge on any atom is -0.497 e. The molecule has 0 spiro atoms. The van der Waals surface area contributed by atoms with Gasteiger partial charge in [-0.05, 0) is 36.4 Å². The lowest BCUT2D eigenvalue weighted by atomic mass is 10.1. The predicted molar refractivity (Wildman–Crippen MR) is 102 cm³/mol. The van der Waals surface area contributed by atoms with Crippen molar-refractivity contribution in [3.05, 3.63) is 53.9 Å². The Bertz CT molecular complexity index is 1130. The summed E-state index contributed by atoms with van der Waals surface area (Å²) < 4.78 is 5.31. The molecule has 0 bridgehead atoms. The van der Waals surface area contributed by atoms with Gasteiger partial charge in [0.15, 0.2) is 0 Å². The van der Waals surface area contributed by atoms with Crippen molar-refractivity contribution in [1.82, 2.24) is 20.2 Å². The Morgan fingerprint density at radius 2 is 2.19 bits per heavy atom. The largest absolute Gasteiger partial charge is 0.497 e. The number of benzene rings is 2. The quantitative estimate of drug-likeness (QED) is 0.731. The zero-order chi connectivity index (χ0) is 18.4. The first-order valence-electron chi connectivity index (χ1n) is 8.56. The van der Waals surface area contributed by atoms with E-state index in [2.05, 4.69) is 25.3 Å². The van der Waals surface area contributed by atoms with Gasteiger partial charge in [0, 0.05) is 17.7 Å². The summed E-state index contributed by atoms with van der Waals surface area (Å²) in [4.78, 5) is 31.1. The van der Waals surface area contributed by atoms with Crippen molar-refractivity contribution in [3.8, 4) is 5.75 Å². The fourth-order valence-electron chi connectivity index (χ4n) is 3.32. The van der Waals surface area contributed by atoms with Crippen LogP contribution in [0.25, 0.3) is 11.0 Å². The number of nitrogens with one attached hydrogen (secondary N) is 2. The second kappa shape index (κ2) is 5.94. The number of aromatic nitrogens is 2. The van der Waals surface area contributed by atoms with Gasteiger partial charge in [0.1, 0.15) is 11.6 Å². The highest BCUT2D eigenvalue weighted by molar-refractivity contribution is 6.19. The van der Waals surface area contributed by atoms with E-state index in [1.54, 1.807) is 25.6 Å². The molecule has 1 aromatic heterocycles. The van der Waals surface area contributed by atoms with Gasteiger partial charge in [0.2, 0.25) is 5.96 Å². The van der Waals surface area contributed by atoms with E-state index < -0.39 is 0 Å². The SMILES string of the molecule is COc1ccc2c(c1)C1=NCCN1C(NC(=O)c1ccc3[nH]cnc3c1)=N2. The number of imidazole rings is 1. The van der Waals surface area contributed by atoms with E-state index >= 15 is 0 Å². The zero-order valence-corrected chi connectivity index (χ0v) is 14.6. The molecule has 2 aliphatic heterocycles. The van der Waals surface area contributed by atoms with E-state index in [-0.39, 0.29) is 5.91 Å². The third-order valence-electron chi connectivity index (χ3n) is 4.68.